The molecule has 0 bridgehead atoms. The van der Waals surface area contributed by atoms with Gasteiger partial charge in [-0.2, -0.15) is 0 Å². The average molecular weight is 561 g/mol. The van der Waals surface area contributed by atoms with Crippen LogP contribution >= 0.6 is 34.5 Å². The number of ether oxygens (including phenoxy) is 1. The molecule has 0 saturated carbocycles. The number of hydrogen-bond donors (Lipinski definition) is 2. The lowest BCUT2D eigenvalue weighted by molar-refractivity contribution is -0.118. The lowest BCUT2D eigenvalue weighted by atomic mass is 10.2. The van der Waals surface area contributed by atoms with Gasteiger partial charge in [0.15, 0.2) is 0 Å². The van der Waals surface area contributed by atoms with E-state index in [2.05, 4.69) is 0 Å². The highest BCUT2D eigenvalue weighted by atomic mass is 35.5. The van der Waals surface area contributed by atoms with Crippen molar-refractivity contribution < 1.29 is 19.4 Å². The molecule has 37 heavy (non-hydrogen) atoms. The van der Waals surface area contributed by atoms with E-state index in [0.717, 1.165) is 34.0 Å². The maximum absolute atomic E-state index is 11.8. The molecule has 0 fully saturated rings. The smallest absolute Gasteiger partial charge is 0.337 e. The van der Waals surface area contributed by atoms with Gasteiger partial charge in [-0.3, -0.25) is 4.79 Å². The number of methoxy groups -OCH3 is 1. The third-order valence-electron chi connectivity index (χ3n) is 5.52. The number of carbonyl (C=O) groups excluding carboxylic acids is 1. The van der Waals surface area contributed by atoms with Gasteiger partial charge in [-0.05, 0) is 61.4 Å². The maximum atomic E-state index is 11.8. The van der Waals surface area contributed by atoms with Crippen LogP contribution in [0.1, 0.15) is 41.4 Å². The molecule has 3 N–H and O–H groups in total. The molecule has 0 aliphatic carbocycles. The minimum absolute atomic E-state index is 0.211. The summed E-state index contributed by atoms with van der Waals surface area (Å²) >= 11 is 13.7. The zero-order valence-electron chi connectivity index (χ0n) is 20.6. The van der Waals surface area contributed by atoms with Crippen LogP contribution in [0.4, 0.5) is 0 Å². The van der Waals surface area contributed by atoms with E-state index in [9.17, 15) is 14.7 Å². The summed E-state index contributed by atoms with van der Waals surface area (Å²) in [5.74, 6) is -0.410. The topological polar surface area (TPSA) is 107 Å². The van der Waals surface area contributed by atoms with Gasteiger partial charge in [0.2, 0.25) is 5.91 Å². The quantitative estimate of drug-likeness (QED) is 0.243. The Morgan fingerprint density at radius 2 is 1.81 bits per heavy atom. The molecule has 194 valence electrons. The van der Waals surface area contributed by atoms with E-state index >= 15 is 0 Å². The molecule has 0 spiro atoms. The standard InChI is InChI=1S/C23H18Cl2N2O3S.C4H9NO/c1-13-17(23(28)29)10-21(27(13)11-14-3-8-18(24)19(25)9-14)20-12-31-22(26-20)15-4-6-16(30-2)7-5-15;1-2-3-4(5)6/h3-10,12H,11H2,1-2H3,(H,28,29);2-3H2,1H3,(H2,5,6). The van der Waals surface area contributed by atoms with Gasteiger partial charge < -0.3 is 20.1 Å². The van der Waals surface area contributed by atoms with Crippen LogP contribution in [0.15, 0.2) is 53.9 Å². The first kappa shape index (κ1) is 28.2. The van der Waals surface area contributed by atoms with E-state index in [-0.39, 0.29) is 11.5 Å². The third-order valence-corrected chi connectivity index (χ3v) is 7.15. The van der Waals surface area contributed by atoms with Crippen molar-refractivity contribution in [3.8, 4) is 27.7 Å². The zero-order valence-corrected chi connectivity index (χ0v) is 23.0. The molecule has 10 heteroatoms. The highest BCUT2D eigenvalue weighted by molar-refractivity contribution is 7.13. The first-order valence-corrected chi connectivity index (χ1v) is 13.0. The van der Waals surface area contributed by atoms with Gasteiger partial charge in [-0.25, -0.2) is 9.78 Å². The lowest BCUT2D eigenvalue weighted by Gasteiger charge is -2.11. The van der Waals surface area contributed by atoms with Crippen molar-refractivity contribution in [3.63, 3.8) is 0 Å². The Hall–Kier alpha value is -3.33. The monoisotopic (exact) mass is 559 g/mol. The molecule has 4 aromatic rings. The number of nitrogens with zero attached hydrogens (tertiary/aromatic N) is 2. The summed E-state index contributed by atoms with van der Waals surface area (Å²) in [5, 5.41) is 13.4. The number of primary amides is 1. The Morgan fingerprint density at radius 1 is 1.11 bits per heavy atom. The van der Waals surface area contributed by atoms with Crippen LogP contribution in [0.3, 0.4) is 0 Å². The molecular weight excluding hydrogens is 533 g/mol. The second kappa shape index (κ2) is 12.8. The molecule has 7 nitrogen and oxygen atoms in total. The SMILES string of the molecule is CCCC(N)=O.COc1ccc(-c2nc(-c3cc(C(=O)O)c(C)n3Cc3ccc(Cl)c(Cl)c3)cs2)cc1. The van der Waals surface area contributed by atoms with Crippen molar-refractivity contribution in [2.24, 2.45) is 5.73 Å². The van der Waals surface area contributed by atoms with Crippen LogP contribution < -0.4 is 10.5 Å². The fourth-order valence-electron chi connectivity index (χ4n) is 3.60. The Bertz CT molecular complexity index is 1400. The zero-order chi connectivity index (χ0) is 27.1. The molecule has 0 unspecified atom stereocenters. The number of nitrogens with two attached hydrogens (primary N) is 1. The van der Waals surface area contributed by atoms with E-state index in [1.165, 1.54) is 11.3 Å². The minimum atomic E-state index is -0.975. The summed E-state index contributed by atoms with van der Waals surface area (Å²) in [6, 6.07) is 14.7. The van der Waals surface area contributed by atoms with Gasteiger partial charge >= 0.3 is 5.97 Å². The van der Waals surface area contributed by atoms with Crippen LogP contribution in [0.5, 0.6) is 5.75 Å². The van der Waals surface area contributed by atoms with Crippen molar-refractivity contribution in [2.75, 3.05) is 7.11 Å². The van der Waals surface area contributed by atoms with Gasteiger partial charge in [-0.15, -0.1) is 11.3 Å². The third kappa shape index (κ3) is 7.13. The average Bonchev–Trinajstić information content (AvgIpc) is 3.47. The predicted octanol–water partition coefficient (Wildman–Crippen LogP) is 6.92. The molecule has 2 heterocycles. The molecule has 0 aliphatic rings. The molecule has 2 aromatic carbocycles. The Labute approximate surface area is 229 Å². The summed E-state index contributed by atoms with van der Waals surface area (Å²) in [5.41, 5.74) is 8.98. The van der Waals surface area contributed by atoms with Gasteiger partial charge in [-0.1, -0.05) is 36.2 Å². The molecule has 0 aliphatic heterocycles. The van der Waals surface area contributed by atoms with E-state index in [1.807, 2.05) is 47.2 Å². The number of aromatic carboxylic acids is 1. The summed E-state index contributed by atoms with van der Waals surface area (Å²) in [6.45, 7) is 4.16. The largest absolute Gasteiger partial charge is 0.497 e. The number of benzene rings is 2. The predicted molar refractivity (Wildman–Crippen MR) is 149 cm³/mol. The van der Waals surface area contributed by atoms with Gasteiger partial charge in [0.1, 0.15) is 10.8 Å². The maximum Gasteiger partial charge on any atom is 0.337 e. The number of amides is 1. The Morgan fingerprint density at radius 3 is 2.35 bits per heavy atom. The van der Waals surface area contributed by atoms with E-state index in [4.69, 9.17) is 38.7 Å². The lowest BCUT2D eigenvalue weighted by Crippen LogP contribution is -2.08. The van der Waals surface area contributed by atoms with Gasteiger partial charge in [0, 0.05) is 29.6 Å². The summed E-state index contributed by atoms with van der Waals surface area (Å²) in [4.78, 5) is 26.4. The van der Waals surface area contributed by atoms with Crippen molar-refractivity contribution in [1.29, 1.82) is 0 Å². The molecule has 2 aromatic heterocycles. The minimum Gasteiger partial charge on any atom is -0.497 e. The fourth-order valence-corrected chi connectivity index (χ4v) is 4.74. The number of halogens is 2. The van der Waals surface area contributed by atoms with Crippen LogP contribution in [-0.2, 0) is 11.3 Å². The van der Waals surface area contributed by atoms with E-state index < -0.39 is 5.97 Å². The fraction of sp³-hybridized carbons (Fsp3) is 0.222. The molecule has 0 saturated heterocycles. The summed E-state index contributed by atoms with van der Waals surface area (Å²) in [6.07, 6.45) is 1.37. The van der Waals surface area contributed by atoms with Crippen LogP contribution in [0, 0.1) is 6.92 Å². The summed E-state index contributed by atoms with van der Waals surface area (Å²) < 4.78 is 7.15. The summed E-state index contributed by atoms with van der Waals surface area (Å²) in [7, 11) is 1.63. The molecule has 0 atom stereocenters. The van der Waals surface area contributed by atoms with Crippen molar-refractivity contribution >= 4 is 46.4 Å². The van der Waals surface area contributed by atoms with Gasteiger partial charge in [0.05, 0.1) is 34.1 Å². The first-order valence-electron chi connectivity index (χ1n) is 11.4. The molecule has 1 amide bonds. The van der Waals surface area contributed by atoms with E-state index in [1.54, 1.807) is 32.2 Å². The molecular formula is C27H27Cl2N3O4S. The number of carbonyl (C=O) groups is 2. The first-order chi connectivity index (χ1) is 17.6. The van der Waals surface area contributed by atoms with Crippen molar-refractivity contribution in [3.05, 3.63) is 80.8 Å². The second-order valence-corrected chi connectivity index (χ2v) is 9.82. The normalized spacial score (nSPS) is 10.5. The van der Waals surface area contributed by atoms with Crippen LogP contribution in [0.2, 0.25) is 10.0 Å². The highest BCUT2D eigenvalue weighted by Crippen LogP contribution is 2.33. The number of carboxylic acids is 1. The second-order valence-electron chi connectivity index (χ2n) is 8.15. The molecule has 4 rings (SSSR count). The highest BCUT2D eigenvalue weighted by Gasteiger charge is 2.20. The van der Waals surface area contributed by atoms with E-state index in [0.29, 0.717) is 34.4 Å². The number of rotatable bonds is 8. The number of hydrogen-bond acceptors (Lipinski definition) is 5. The molecule has 0 radical (unpaired) electrons. The Balaban J connectivity index is 0.000000568. The van der Waals surface area contributed by atoms with Crippen LogP contribution in [0.25, 0.3) is 22.0 Å². The number of aromatic nitrogens is 2. The van der Waals surface area contributed by atoms with Crippen molar-refractivity contribution in [1.82, 2.24) is 9.55 Å². The van der Waals surface area contributed by atoms with Crippen molar-refractivity contribution in [2.45, 2.75) is 33.2 Å². The Kier molecular flexibility index (Phi) is 9.74. The van der Waals surface area contributed by atoms with Gasteiger partial charge in [0.25, 0.3) is 0 Å². The number of carboxylic acid groups (broad SMARTS) is 1. The van der Waals surface area contributed by atoms with Crippen LogP contribution in [-0.4, -0.2) is 33.6 Å². The number of thiazole rings is 1.